The van der Waals surface area contributed by atoms with E-state index in [1.807, 2.05) is 54.6 Å². The van der Waals surface area contributed by atoms with Crippen LogP contribution in [0.3, 0.4) is 0 Å². The first-order valence-corrected chi connectivity index (χ1v) is 9.14. The summed E-state index contributed by atoms with van der Waals surface area (Å²) in [5, 5.41) is 6.21. The first kappa shape index (κ1) is 20.1. The number of para-hydroxylation sites is 1. The van der Waals surface area contributed by atoms with Crippen molar-refractivity contribution >= 4 is 23.0 Å². The lowest BCUT2D eigenvalue weighted by molar-refractivity contribution is -0.115. The maximum Gasteiger partial charge on any atom is 0.228 e. The molecule has 0 unspecified atom stereocenters. The molecule has 0 spiro atoms. The Morgan fingerprint density at radius 3 is 1.86 bits per heavy atom. The molecular formula is C23H24N2O4. The summed E-state index contributed by atoms with van der Waals surface area (Å²) in [6.07, 6.45) is 0.181. The number of carbonyl (C=O) groups is 1. The van der Waals surface area contributed by atoms with Crippen molar-refractivity contribution in [1.29, 1.82) is 0 Å². The molecule has 29 heavy (non-hydrogen) atoms. The van der Waals surface area contributed by atoms with Crippen LogP contribution in [0.2, 0.25) is 0 Å². The Kier molecular flexibility index (Phi) is 6.58. The second kappa shape index (κ2) is 9.50. The van der Waals surface area contributed by atoms with Crippen molar-refractivity contribution in [2.75, 3.05) is 32.0 Å². The van der Waals surface area contributed by atoms with Crippen molar-refractivity contribution in [3.63, 3.8) is 0 Å². The van der Waals surface area contributed by atoms with Crippen LogP contribution in [-0.4, -0.2) is 27.2 Å². The standard InChI is InChI=1S/C23H24N2O4/c1-27-20-13-16(14-21(28-2)23(20)29-3)15-22(26)25-19-11-9-18(10-12-19)24-17-7-5-4-6-8-17/h4-14,24H,15H2,1-3H3,(H,25,26). The summed E-state index contributed by atoms with van der Waals surface area (Å²) < 4.78 is 16.0. The van der Waals surface area contributed by atoms with E-state index in [-0.39, 0.29) is 12.3 Å². The fraction of sp³-hybridized carbons (Fsp3) is 0.174. The fourth-order valence-electron chi connectivity index (χ4n) is 2.95. The lowest BCUT2D eigenvalue weighted by Gasteiger charge is -2.14. The van der Waals surface area contributed by atoms with E-state index in [1.165, 1.54) is 0 Å². The molecule has 6 nitrogen and oxygen atoms in total. The van der Waals surface area contributed by atoms with Crippen molar-refractivity contribution in [2.24, 2.45) is 0 Å². The minimum Gasteiger partial charge on any atom is -0.493 e. The topological polar surface area (TPSA) is 68.8 Å². The minimum absolute atomic E-state index is 0.136. The second-order valence-electron chi connectivity index (χ2n) is 6.33. The quantitative estimate of drug-likeness (QED) is 0.585. The summed E-state index contributed by atoms with van der Waals surface area (Å²) in [7, 11) is 4.64. The summed E-state index contributed by atoms with van der Waals surface area (Å²) in [5.74, 6) is 1.40. The number of rotatable bonds is 8. The molecule has 0 radical (unpaired) electrons. The van der Waals surface area contributed by atoms with E-state index in [0.29, 0.717) is 17.2 Å². The predicted molar refractivity (Wildman–Crippen MR) is 115 cm³/mol. The molecule has 0 aliphatic heterocycles. The third kappa shape index (κ3) is 5.19. The first-order chi connectivity index (χ1) is 14.1. The molecule has 0 fully saturated rings. The Morgan fingerprint density at radius 1 is 0.759 bits per heavy atom. The number of hydrogen-bond acceptors (Lipinski definition) is 5. The number of carbonyl (C=O) groups excluding carboxylic acids is 1. The fourth-order valence-corrected chi connectivity index (χ4v) is 2.95. The van der Waals surface area contributed by atoms with Gasteiger partial charge in [-0.25, -0.2) is 0 Å². The Bertz CT molecular complexity index is 931. The normalized spacial score (nSPS) is 10.2. The maximum absolute atomic E-state index is 12.5. The van der Waals surface area contributed by atoms with Gasteiger partial charge in [0.05, 0.1) is 27.8 Å². The Hall–Kier alpha value is -3.67. The van der Waals surface area contributed by atoms with Crippen LogP contribution in [0.15, 0.2) is 66.7 Å². The highest BCUT2D eigenvalue weighted by Gasteiger charge is 2.15. The molecule has 0 heterocycles. The van der Waals surface area contributed by atoms with E-state index in [2.05, 4.69) is 10.6 Å². The van der Waals surface area contributed by atoms with Crippen molar-refractivity contribution in [3.05, 3.63) is 72.3 Å². The monoisotopic (exact) mass is 392 g/mol. The van der Waals surface area contributed by atoms with Gasteiger partial charge in [-0.2, -0.15) is 0 Å². The van der Waals surface area contributed by atoms with Gasteiger partial charge in [0.2, 0.25) is 11.7 Å². The van der Waals surface area contributed by atoms with Gasteiger partial charge in [-0.1, -0.05) is 18.2 Å². The Balaban J connectivity index is 1.65. The number of anilines is 3. The SMILES string of the molecule is COc1cc(CC(=O)Nc2ccc(Nc3ccccc3)cc2)cc(OC)c1OC. The van der Waals surface area contributed by atoms with Crippen LogP contribution in [-0.2, 0) is 11.2 Å². The molecule has 1 amide bonds. The number of amides is 1. The molecule has 0 saturated heterocycles. The third-order valence-corrected chi connectivity index (χ3v) is 4.32. The molecule has 3 aromatic rings. The lowest BCUT2D eigenvalue weighted by atomic mass is 10.1. The molecule has 0 aliphatic rings. The van der Waals surface area contributed by atoms with Gasteiger partial charge < -0.3 is 24.8 Å². The molecule has 0 aromatic heterocycles. The number of benzene rings is 3. The number of nitrogens with one attached hydrogen (secondary N) is 2. The summed E-state index contributed by atoms with van der Waals surface area (Å²) in [6.45, 7) is 0. The zero-order chi connectivity index (χ0) is 20.6. The molecule has 0 bridgehead atoms. The number of hydrogen-bond donors (Lipinski definition) is 2. The summed E-state index contributed by atoms with van der Waals surface area (Å²) >= 11 is 0. The van der Waals surface area contributed by atoms with Gasteiger partial charge in [-0.3, -0.25) is 4.79 Å². The van der Waals surface area contributed by atoms with Crippen LogP contribution in [0, 0.1) is 0 Å². The third-order valence-electron chi connectivity index (χ3n) is 4.32. The predicted octanol–water partition coefficient (Wildman–Crippen LogP) is 4.64. The Morgan fingerprint density at radius 2 is 1.31 bits per heavy atom. The van der Waals surface area contributed by atoms with Crippen LogP contribution < -0.4 is 24.8 Å². The molecule has 3 aromatic carbocycles. The van der Waals surface area contributed by atoms with Crippen LogP contribution in [0.25, 0.3) is 0 Å². The Labute approximate surface area is 170 Å². The van der Waals surface area contributed by atoms with E-state index in [4.69, 9.17) is 14.2 Å². The van der Waals surface area contributed by atoms with Crippen molar-refractivity contribution in [1.82, 2.24) is 0 Å². The van der Waals surface area contributed by atoms with Gasteiger partial charge in [0, 0.05) is 17.1 Å². The second-order valence-corrected chi connectivity index (χ2v) is 6.33. The van der Waals surface area contributed by atoms with E-state index in [0.717, 1.165) is 22.6 Å². The van der Waals surface area contributed by atoms with Crippen molar-refractivity contribution in [2.45, 2.75) is 6.42 Å². The summed E-state index contributed by atoms with van der Waals surface area (Å²) in [6, 6.07) is 21.0. The van der Waals surface area contributed by atoms with Gasteiger partial charge in [0.1, 0.15) is 0 Å². The zero-order valence-corrected chi connectivity index (χ0v) is 16.7. The molecule has 0 atom stereocenters. The van der Waals surface area contributed by atoms with E-state index < -0.39 is 0 Å². The largest absolute Gasteiger partial charge is 0.493 e. The first-order valence-electron chi connectivity index (χ1n) is 9.14. The number of methoxy groups -OCH3 is 3. The van der Waals surface area contributed by atoms with Gasteiger partial charge in [0.25, 0.3) is 0 Å². The molecule has 150 valence electrons. The molecule has 0 saturated carbocycles. The molecular weight excluding hydrogens is 368 g/mol. The highest BCUT2D eigenvalue weighted by molar-refractivity contribution is 5.92. The molecule has 6 heteroatoms. The average Bonchev–Trinajstić information content (AvgIpc) is 2.75. The van der Waals surface area contributed by atoms with Crippen molar-refractivity contribution in [3.8, 4) is 17.2 Å². The highest BCUT2D eigenvalue weighted by atomic mass is 16.5. The summed E-state index contributed by atoms with van der Waals surface area (Å²) in [4.78, 5) is 12.5. The highest BCUT2D eigenvalue weighted by Crippen LogP contribution is 2.38. The lowest BCUT2D eigenvalue weighted by Crippen LogP contribution is -2.14. The minimum atomic E-state index is -0.136. The van der Waals surface area contributed by atoms with E-state index in [9.17, 15) is 4.79 Å². The number of ether oxygens (including phenoxy) is 3. The molecule has 2 N–H and O–H groups in total. The van der Waals surface area contributed by atoms with Crippen molar-refractivity contribution < 1.29 is 19.0 Å². The van der Waals surface area contributed by atoms with Crippen LogP contribution in [0.1, 0.15) is 5.56 Å². The summed E-state index contributed by atoms with van der Waals surface area (Å²) in [5.41, 5.74) is 3.44. The van der Waals surface area contributed by atoms with Gasteiger partial charge in [0.15, 0.2) is 11.5 Å². The van der Waals surface area contributed by atoms with Crippen LogP contribution in [0.4, 0.5) is 17.1 Å². The van der Waals surface area contributed by atoms with E-state index >= 15 is 0 Å². The van der Waals surface area contributed by atoms with Crippen LogP contribution in [0.5, 0.6) is 17.2 Å². The van der Waals surface area contributed by atoms with E-state index in [1.54, 1.807) is 33.5 Å². The smallest absolute Gasteiger partial charge is 0.228 e. The van der Waals surface area contributed by atoms with Gasteiger partial charge >= 0.3 is 0 Å². The van der Waals surface area contributed by atoms with Gasteiger partial charge in [-0.05, 0) is 54.1 Å². The van der Waals surface area contributed by atoms with Crippen LogP contribution >= 0.6 is 0 Å². The molecule has 3 rings (SSSR count). The zero-order valence-electron chi connectivity index (χ0n) is 16.7. The average molecular weight is 392 g/mol. The van der Waals surface area contributed by atoms with Gasteiger partial charge in [-0.15, -0.1) is 0 Å². The molecule has 0 aliphatic carbocycles. The maximum atomic E-state index is 12.5.